The van der Waals surface area contributed by atoms with Crippen molar-refractivity contribution in [3.63, 3.8) is 0 Å². The molecule has 0 heterocycles. The molecule has 84 valence electrons. The van der Waals surface area contributed by atoms with Gasteiger partial charge in [-0.15, -0.1) is 6.58 Å². The van der Waals surface area contributed by atoms with Crippen LogP contribution in [0, 0.1) is 10.1 Å². The lowest BCUT2D eigenvalue weighted by atomic mass is 9.80. The number of hydrogen-bond donors (Lipinski definition) is 0. The molecule has 1 aromatic carbocycles. The van der Waals surface area contributed by atoms with Gasteiger partial charge in [0, 0.05) is 11.6 Å². The number of rotatable bonds is 5. The summed E-state index contributed by atoms with van der Waals surface area (Å²) in [6, 6.07) is 6.28. The van der Waals surface area contributed by atoms with E-state index in [1.807, 2.05) is 0 Å². The van der Waals surface area contributed by atoms with Crippen molar-refractivity contribution in [3.8, 4) is 0 Å². The lowest BCUT2D eigenvalue weighted by Gasteiger charge is -2.21. The maximum Gasteiger partial charge on any atom is 0.273 e. The molecule has 0 aliphatic carbocycles. The number of para-hydroxylation sites is 1. The van der Waals surface area contributed by atoms with Crippen LogP contribution >= 0.6 is 0 Å². The van der Waals surface area contributed by atoms with Crippen LogP contribution in [0.4, 0.5) is 5.69 Å². The molecular formula is C12H13NO3. The van der Waals surface area contributed by atoms with Gasteiger partial charge in [0.1, 0.15) is 6.29 Å². The Morgan fingerprint density at radius 3 is 2.62 bits per heavy atom. The molecule has 4 heteroatoms. The third-order valence-corrected chi connectivity index (χ3v) is 2.54. The fourth-order valence-corrected chi connectivity index (χ4v) is 1.64. The van der Waals surface area contributed by atoms with Gasteiger partial charge in [-0.1, -0.05) is 24.3 Å². The number of benzene rings is 1. The van der Waals surface area contributed by atoms with Crippen LogP contribution < -0.4 is 0 Å². The van der Waals surface area contributed by atoms with E-state index in [0.717, 1.165) is 6.29 Å². The first-order valence-electron chi connectivity index (χ1n) is 4.86. The lowest BCUT2D eigenvalue weighted by Crippen LogP contribution is -2.24. The van der Waals surface area contributed by atoms with Gasteiger partial charge in [-0.2, -0.15) is 0 Å². The van der Waals surface area contributed by atoms with Crippen LogP contribution in [-0.4, -0.2) is 11.2 Å². The topological polar surface area (TPSA) is 60.2 Å². The van der Waals surface area contributed by atoms with E-state index >= 15 is 0 Å². The predicted molar refractivity (Wildman–Crippen MR) is 61.3 cm³/mol. The minimum absolute atomic E-state index is 0.0287. The normalized spacial score (nSPS) is 13.8. The first-order chi connectivity index (χ1) is 7.55. The fraction of sp³-hybridized carbons (Fsp3) is 0.250. The summed E-state index contributed by atoms with van der Waals surface area (Å²) >= 11 is 0. The SMILES string of the molecule is C=CCC(C)(C=O)c1ccccc1[N+](=O)[O-]. The minimum atomic E-state index is -0.884. The van der Waals surface area contributed by atoms with Crippen molar-refractivity contribution in [2.45, 2.75) is 18.8 Å². The minimum Gasteiger partial charge on any atom is -0.302 e. The van der Waals surface area contributed by atoms with Gasteiger partial charge in [0.15, 0.2) is 0 Å². The Labute approximate surface area is 93.7 Å². The van der Waals surface area contributed by atoms with E-state index in [-0.39, 0.29) is 5.69 Å². The van der Waals surface area contributed by atoms with E-state index in [4.69, 9.17) is 0 Å². The van der Waals surface area contributed by atoms with Gasteiger partial charge in [-0.25, -0.2) is 0 Å². The van der Waals surface area contributed by atoms with Crippen molar-refractivity contribution in [2.24, 2.45) is 0 Å². The van der Waals surface area contributed by atoms with Gasteiger partial charge in [-0.3, -0.25) is 10.1 Å². The maximum atomic E-state index is 11.1. The predicted octanol–water partition coefficient (Wildman–Crippen LogP) is 2.63. The van der Waals surface area contributed by atoms with E-state index in [1.165, 1.54) is 6.07 Å². The number of nitrogens with zero attached hydrogens (tertiary/aromatic N) is 1. The first-order valence-corrected chi connectivity index (χ1v) is 4.86. The highest BCUT2D eigenvalue weighted by Gasteiger charge is 2.31. The number of carbonyl (C=O) groups is 1. The second-order valence-electron chi connectivity index (χ2n) is 3.80. The van der Waals surface area contributed by atoms with Crippen LogP contribution in [0.25, 0.3) is 0 Å². The van der Waals surface area contributed by atoms with E-state index < -0.39 is 10.3 Å². The zero-order valence-corrected chi connectivity index (χ0v) is 9.05. The maximum absolute atomic E-state index is 11.1. The highest BCUT2D eigenvalue weighted by atomic mass is 16.6. The summed E-state index contributed by atoms with van der Waals surface area (Å²) in [4.78, 5) is 21.5. The molecule has 1 atom stereocenters. The molecule has 1 unspecified atom stereocenters. The van der Waals surface area contributed by atoms with Crippen LogP contribution in [-0.2, 0) is 10.2 Å². The number of nitro benzene ring substituents is 1. The lowest BCUT2D eigenvalue weighted by molar-refractivity contribution is -0.385. The third kappa shape index (κ3) is 2.16. The Morgan fingerprint density at radius 1 is 1.50 bits per heavy atom. The Morgan fingerprint density at radius 2 is 2.12 bits per heavy atom. The van der Waals surface area contributed by atoms with E-state index in [2.05, 4.69) is 6.58 Å². The van der Waals surface area contributed by atoms with Crippen LogP contribution in [0.5, 0.6) is 0 Å². The van der Waals surface area contributed by atoms with E-state index in [1.54, 1.807) is 31.2 Å². The number of carbonyl (C=O) groups excluding carboxylic acids is 1. The van der Waals surface area contributed by atoms with Crippen LogP contribution in [0.1, 0.15) is 18.9 Å². The van der Waals surface area contributed by atoms with Crippen molar-refractivity contribution < 1.29 is 9.72 Å². The van der Waals surface area contributed by atoms with Crippen molar-refractivity contribution in [1.82, 2.24) is 0 Å². The molecule has 0 spiro atoms. The molecule has 0 radical (unpaired) electrons. The largest absolute Gasteiger partial charge is 0.302 e. The van der Waals surface area contributed by atoms with Crippen LogP contribution in [0.3, 0.4) is 0 Å². The van der Waals surface area contributed by atoms with Gasteiger partial charge in [0.05, 0.1) is 10.3 Å². The van der Waals surface area contributed by atoms with Gasteiger partial charge >= 0.3 is 0 Å². The molecular weight excluding hydrogens is 206 g/mol. The monoisotopic (exact) mass is 219 g/mol. The molecule has 4 nitrogen and oxygen atoms in total. The van der Waals surface area contributed by atoms with E-state index in [0.29, 0.717) is 12.0 Å². The second-order valence-corrected chi connectivity index (χ2v) is 3.80. The van der Waals surface area contributed by atoms with Gasteiger partial charge in [-0.05, 0) is 13.3 Å². The average molecular weight is 219 g/mol. The molecule has 0 aromatic heterocycles. The summed E-state index contributed by atoms with van der Waals surface area (Å²) < 4.78 is 0. The summed E-state index contributed by atoms with van der Waals surface area (Å²) in [5, 5.41) is 10.9. The number of allylic oxidation sites excluding steroid dienone is 1. The Kier molecular flexibility index (Phi) is 3.55. The summed E-state index contributed by atoms with van der Waals surface area (Å²) in [6.45, 7) is 5.24. The second kappa shape index (κ2) is 4.70. The molecule has 0 fully saturated rings. The Hall–Kier alpha value is -1.97. The highest BCUT2D eigenvalue weighted by molar-refractivity contribution is 5.71. The molecule has 0 aliphatic heterocycles. The highest BCUT2D eigenvalue weighted by Crippen LogP contribution is 2.32. The van der Waals surface area contributed by atoms with Crippen molar-refractivity contribution in [2.75, 3.05) is 0 Å². The molecule has 16 heavy (non-hydrogen) atoms. The molecule has 0 saturated carbocycles. The van der Waals surface area contributed by atoms with Crippen LogP contribution in [0.15, 0.2) is 36.9 Å². The number of hydrogen-bond acceptors (Lipinski definition) is 3. The molecule has 0 bridgehead atoms. The van der Waals surface area contributed by atoms with Crippen molar-refractivity contribution >= 4 is 12.0 Å². The molecule has 0 N–H and O–H groups in total. The quantitative estimate of drug-likeness (QED) is 0.331. The Balaban J connectivity index is 3.34. The summed E-state index contributed by atoms with van der Waals surface area (Å²) in [6.07, 6.45) is 2.70. The smallest absolute Gasteiger partial charge is 0.273 e. The molecule has 1 rings (SSSR count). The molecule has 0 saturated heterocycles. The fourth-order valence-electron chi connectivity index (χ4n) is 1.64. The third-order valence-electron chi connectivity index (χ3n) is 2.54. The standard InChI is InChI=1S/C12H13NO3/c1-3-8-12(2,9-14)10-6-4-5-7-11(10)13(15)16/h3-7,9H,1,8H2,2H3. The number of nitro groups is 1. The van der Waals surface area contributed by atoms with E-state index in [9.17, 15) is 14.9 Å². The van der Waals surface area contributed by atoms with Crippen molar-refractivity contribution in [1.29, 1.82) is 0 Å². The molecule has 1 aromatic rings. The van der Waals surface area contributed by atoms with Gasteiger partial charge in [0.2, 0.25) is 0 Å². The zero-order chi connectivity index (χ0) is 12.2. The van der Waals surface area contributed by atoms with Gasteiger partial charge < -0.3 is 4.79 Å². The first kappa shape index (κ1) is 12.1. The zero-order valence-electron chi connectivity index (χ0n) is 9.05. The summed E-state index contributed by atoms with van der Waals surface area (Å²) in [5.74, 6) is 0. The van der Waals surface area contributed by atoms with Crippen molar-refractivity contribution in [3.05, 3.63) is 52.6 Å². The summed E-state index contributed by atoms with van der Waals surface area (Å²) in [5.41, 5.74) is -0.486. The summed E-state index contributed by atoms with van der Waals surface area (Å²) in [7, 11) is 0. The Bertz CT molecular complexity index is 428. The molecule has 0 amide bonds. The van der Waals surface area contributed by atoms with Gasteiger partial charge in [0.25, 0.3) is 5.69 Å². The molecule has 0 aliphatic rings. The van der Waals surface area contributed by atoms with Crippen LogP contribution in [0.2, 0.25) is 0 Å². The average Bonchev–Trinajstić information content (AvgIpc) is 2.29. The number of aldehydes is 1.